The smallest absolute Gasteiger partial charge is 0.340 e. The lowest BCUT2D eigenvalue weighted by Gasteiger charge is -2.11. The van der Waals surface area contributed by atoms with Gasteiger partial charge in [0.25, 0.3) is 0 Å². The molecule has 2 rings (SSSR count). The van der Waals surface area contributed by atoms with E-state index in [0.29, 0.717) is 16.5 Å². The summed E-state index contributed by atoms with van der Waals surface area (Å²) >= 11 is 0. The third-order valence-electron chi connectivity index (χ3n) is 2.83. The third-order valence-corrected chi connectivity index (χ3v) is 2.83. The SMILES string of the molecule is CNCc1c(C(F)(F)F)n(C)c2ccccc12. The molecule has 1 heterocycles. The normalized spacial score (nSPS) is 12.3. The number of nitrogens with zero attached hydrogens (tertiary/aromatic N) is 1. The molecule has 0 aliphatic rings. The van der Waals surface area contributed by atoms with Crippen LogP contribution < -0.4 is 5.32 Å². The highest BCUT2D eigenvalue weighted by Gasteiger charge is 2.37. The summed E-state index contributed by atoms with van der Waals surface area (Å²) in [6.07, 6.45) is -4.33. The zero-order valence-electron chi connectivity index (χ0n) is 9.60. The van der Waals surface area contributed by atoms with Gasteiger partial charge in [-0.2, -0.15) is 13.2 Å². The van der Waals surface area contributed by atoms with E-state index in [9.17, 15) is 13.2 Å². The maximum atomic E-state index is 13.0. The summed E-state index contributed by atoms with van der Waals surface area (Å²) in [4.78, 5) is 0. The van der Waals surface area contributed by atoms with Gasteiger partial charge in [0, 0.05) is 30.1 Å². The van der Waals surface area contributed by atoms with Crippen LogP contribution >= 0.6 is 0 Å². The van der Waals surface area contributed by atoms with Crippen molar-refractivity contribution in [1.29, 1.82) is 0 Å². The van der Waals surface area contributed by atoms with E-state index in [1.54, 1.807) is 31.3 Å². The molecule has 2 nitrogen and oxygen atoms in total. The quantitative estimate of drug-likeness (QED) is 0.856. The molecule has 0 spiro atoms. The van der Waals surface area contributed by atoms with Crippen LogP contribution in [0.5, 0.6) is 0 Å². The minimum absolute atomic E-state index is 0.205. The Morgan fingerprint density at radius 2 is 1.88 bits per heavy atom. The van der Waals surface area contributed by atoms with E-state index in [-0.39, 0.29) is 6.54 Å². The van der Waals surface area contributed by atoms with Crippen molar-refractivity contribution < 1.29 is 13.2 Å². The Kier molecular flexibility index (Phi) is 2.87. The molecule has 0 saturated heterocycles. The van der Waals surface area contributed by atoms with Gasteiger partial charge in [-0.1, -0.05) is 18.2 Å². The van der Waals surface area contributed by atoms with E-state index in [0.717, 1.165) is 0 Å². The first-order valence-corrected chi connectivity index (χ1v) is 5.25. The van der Waals surface area contributed by atoms with Crippen LogP contribution in [0.25, 0.3) is 10.9 Å². The number of hydrogen-bond acceptors (Lipinski definition) is 1. The molecule has 1 aromatic heterocycles. The number of benzene rings is 1. The van der Waals surface area contributed by atoms with Crippen molar-refractivity contribution in [1.82, 2.24) is 9.88 Å². The van der Waals surface area contributed by atoms with E-state index in [1.807, 2.05) is 0 Å². The number of aryl methyl sites for hydroxylation is 1. The molecule has 5 heteroatoms. The van der Waals surface area contributed by atoms with E-state index in [1.165, 1.54) is 11.6 Å². The van der Waals surface area contributed by atoms with Crippen molar-refractivity contribution in [2.24, 2.45) is 7.05 Å². The molecule has 0 aliphatic heterocycles. The zero-order chi connectivity index (χ0) is 12.6. The maximum Gasteiger partial charge on any atom is 0.431 e. The van der Waals surface area contributed by atoms with Gasteiger partial charge < -0.3 is 9.88 Å². The molecule has 0 saturated carbocycles. The molecule has 1 N–H and O–H groups in total. The zero-order valence-corrected chi connectivity index (χ0v) is 9.60. The second-order valence-corrected chi connectivity index (χ2v) is 3.93. The number of fused-ring (bicyclic) bond motifs is 1. The lowest BCUT2D eigenvalue weighted by Crippen LogP contribution is -2.16. The fourth-order valence-electron chi connectivity index (χ4n) is 2.19. The summed E-state index contributed by atoms with van der Waals surface area (Å²) in [7, 11) is 3.09. The topological polar surface area (TPSA) is 17.0 Å². The molecule has 0 aliphatic carbocycles. The highest BCUT2D eigenvalue weighted by molar-refractivity contribution is 5.85. The Morgan fingerprint density at radius 3 is 2.47 bits per heavy atom. The minimum atomic E-state index is -4.33. The lowest BCUT2D eigenvalue weighted by atomic mass is 10.1. The first kappa shape index (κ1) is 12.0. The molecular formula is C12H13F3N2. The largest absolute Gasteiger partial charge is 0.431 e. The molecule has 0 radical (unpaired) electrons. The molecule has 0 fully saturated rings. The minimum Gasteiger partial charge on any atom is -0.340 e. The van der Waals surface area contributed by atoms with Crippen LogP contribution in [0.4, 0.5) is 13.2 Å². The number of rotatable bonds is 2. The van der Waals surface area contributed by atoms with Crippen LogP contribution in [0.2, 0.25) is 0 Å². The van der Waals surface area contributed by atoms with E-state index in [4.69, 9.17) is 0 Å². The Hall–Kier alpha value is -1.49. The molecule has 92 valence electrons. The van der Waals surface area contributed by atoms with Crippen LogP contribution in [0, 0.1) is 0 Å². The van der Waals surface area contributed by atoms with Crippen LogP contribution in [0.15, 0.2) is 24.3 Å². The van der Waals surface area contributed by atoms with Gasteiger partial charge in [0.2, 0.25) is 0 Å². The van der Waals surface area contributed by atoms with Gasteiger partial charge in [-0.3, -0.25) is 0 Å². The van der Waals surface area contributed by atoms with Gasteiger partial charge in [-0.25, -0.2) is 0 Å². The fraction of sp³-hybridized carbons (Fsp3) is 0.333. The monoisotopic (exact) mass is 242 g/mol. The molecule has 0 bridgehead atoms. The molecule has 2 aromatic rings. The number of aromatic nitrogens is 1. The number of para-hydroxylation sites is 1. The summed E-state index contributed by atoms with van der Waals surface area (Å²) in [6, 6.07) is 6.91. The highest BCUT2D eigenvalue weighted by Crippen LogP contribution is 2.37. The highest BCUT2D eigenvalue weighted by atomic mass is 19.4. The van der Waals surface area contributed by atoms with Crippen LogP contribution in [-0.4, -0.2) is 11.6 Å². The summed E-state index contributed by atoms with van der Waals surface area (Å²) in [5.74, 6) is 0. The Balaban J connectivity index is 2.80. The maximum absolute atomic E-state index is 13.0. The second kappa shape index (κ2) is 4.07. The van der Waals surface area contributed by atoms with Crippen molar-refractivity contribution in [3.05, 3.63) is 35.5 Å². The van der Waals surface area contributed by atoms with E-state index >= 15 is 0 Å². The Morgan fingerprint density at radius 1 is 1.24 bits per heavy atom. The van der Waals surface area contributed by atoms with Crippen molar-refractivity contribution in [2.75, 3.05) is 7.05 Å². The van der Waals surface area contributed by atoms with Crippen LogP contribution in [0.1, 0.15) is 11.3 Å². The first-order valence-electron chi connectivity index (χ1n) is 5.25. The first-order chi connectivity index (χ1) is 7.96. The summed E-state index contributed by atoms with van der Waals surface area (Å²) in [5.41, 5.74) is 0.330. The van der Waals surface area contributed by atoms with Gasteiger partial charge in [-0.05, 0) is 13.1 Å². The number of nitrogens with one attached hydrogen (secondary N) is 1. The van der Waals surface area contributed by atoms with Crippen molar-refractivity contribution >= 4 is 10.9 Å². The molecule has 17 heavy (non-hydrogen) atoms. The van der Waals surface area contributed by atoms with Crippen molar-refractivity contribution in [3.63, 3.8) is 0 Å². The number of alkyl halides is 3. The Bertz CT molecular complexity index is 540. The fourth-order valence-corrected chi connectivity index (χ4v) is 2.19. The predicted molar refractivity (Wildman–Crippen MR) is 60.7 cm³/mol. The number of hydrogen-bond donors (Lipinski definition) is 1. The average molecular weight is 242 g/mol. The van der Waals surface area contributed by atoms with Crippen LogP contribution in [-0.2, 0) is 19.8 Å². The second-order valence-electron chi connectivity index (χ2n) is 3.93. The number of halogens is 3. The molecular weight excluding hydrogens is 229 g/mol. The lowest BCUT2D eigenvalue weighted by molar-refractivity contribution is -0.143. The average Bonchev–Trinajstić information content (AvgIpc) is 2.53. The molecule has 0 unspecified atom stereocenters. The van der Waals surface area contributed by atoms with Crippen LogP contribution in [0.3, 0.4) is 0 Å². The summed E-state index contributed by atoms with van der Waals surface area (Å²) < 4.78 is 40.3. The summed E-state index contributed by atoms with van der Waals surface area (Å²) in [6.45, 7) is 0.205. The summed E-state index contributed by atoms with van der Waals surface area (Å²) in [5, 5.41) is 3.44. The van der Waals surface area contributed by atoms with Gasteiger partial charge in [0.1, 0.15) is 5.69 Å². The standard InChI is InChI=1S/C12H13F3N2/c1-16-7-9-8-5-3-4-6-10(8)17(2)11(9)12(13,14)15/h3-6,16H,7H2,1-2H3. The van der Waals surface area contributed by atoms with Gasteiger partial charge >= 0.3 is 6.18 Å². The third kappa shape index (κ3) is 1.91. The molecule has 1 aromatic carbocycles. The van der Waals surface area contributed by atoms with Gasteiger partial charge in [-0.15, -0.1) is 0 Å². The predicted octanol–water partition coefficient (Wildman–Crippen LogP) is 2.92. The van der Waals surface area contributed by atoms with Crippen molar-refractivity contribution in [3.8, 4) is 0 Å². The van der Waals surface area contributed by atoms with Gasteiger partial charge in [0.05, 0.1) is 0 Å². The van der Waals surface area contributed by atoms with E-state index in [2.05, 4.69) is 5.32 Å². The van der Waals surface area contributed by atoms with Gasteiger partial charge in [0.15, 0.2) is 0 Å². The Labute approximate surface area is 97.0 Å². The molecule has 0 atom stereocenters. The van der Waals surface area contributed by atoms with Crippen molar-refractivity contribution in [2.45, 2.75) is 12.7 Å². The van der Waals surface area contributed by atoms with E-state index < -0.39 is 11.9 Å². The molecule has 0 amide bonds.